The van der Waals surface area contributed by atoms with Crippen molar-refractivity contribution < 1.29 is 0 Å². The van der Waals surface area contributed by atoms with E-state index in [0.717, 1.165) is 25.1 Å². The minimum Gasteiger partial charge on any atom is -0.379 e. The summed E-state index contributed by atoms with van der Waals surface area (Å²) in [5, 5.41) is 3.58. The van der Waals surface area contributed by atoms with Crippen molar-refractivity contribution in [1.29, 1.82) is 0 Å². The minimum absolute atomic E-state index is 0.788. The molecule has 1 aromatic heterocycles. The number of aromatic nitrogens is 1. The molecule has 0 saturated carbocycles. The zero-order valence-electron chi connectivity index (χ0n) is 12.0. The lowest BCUT2D eigenvalue weighted by atomic mass is 10.0. The second-order valence-electron chi connectivity index (χ2n) is 4.78. The first-order valence-corrected chi connectivity index (χ1v) is 7.01. The van der Waals surface area contributed by atoms with Gasteiger partial charge in [-0.1, -0.05) is 38.1 Å². The monoisotopic (exact) mass is 254 g/mol. The molecule has 0 aliphatic rings. The Labute approximate surface area is 115 Å². The molecule has 100 valence electrons. The summed E-state index contributed by atoms with van der Waals surface area (Å²) in [4.78, 5) is 4.44. The molecule has 0 aliphatic heterocycles. The van der Waals surface area contributed by atoms with Crippen molar-refractivity contribution in [2.75, 3.05) is 5.32 Å². The Hall–Kier alpha value is -1.83. The minimum atomic E-state index is 0.788. The van der Waals surface area contributed by atoms with Gasteiger partial charge in [0.1, 0.15) is 0 Å². The molecule has 0 bridgehead atoms. The molecule has 2 nitrogen and oxygen atoms in total. The third-order valence-electron chi connectivity index (χ3n) is 3.55. The van der Waals surface area contributed by atoms with Crippen molar-refractivity contribution in [2.45, 2.75) is 40.2 Å². The highest BCUT2D eigenvalue weighted by Gasteiger charge is 2.06. The fraction of sp³-hybridized carbons (Fsp3) is 0.353. The molecule has 0 spiro atoms. The van der Waals surface area contributed by atoms with E-state index < -0.39 is 0 Å². The predicted octanol–water partition coefficient (Wildman–Crippen LogP) is 4.13. The number of rotatable bonds is 5. The van der Waals surface area contributed by atoms with Crippen LogP contribution in [0.4, 0.5) is 5.69 Å². The number of benzene rings is 1. The summed E-state index contributed by atoms with van der Waals surface area (Å²) in [7, 11) is 0. The van der Waals surface area contributed by atoms with Gasteiger partial charge < -0.3 is 5.32 Å². The molecule has 0 saturated heterocycles. The lowest BCUT2D eigenvalue weighted by Crippen LogP contribution is -2.07. The van der Waals surface area contributed by atoms with Gasteiger partial charge in [-0.3, -0.25) is 4.98 Å². The Bertz CT molecular complexity index is 524. The van der Waals surface area contributed by atoms with Crippen LogP contribution >= 0.6 is 0 Å². The molecule has 0 fully saturated rings. The van der Waals surface area contributed by atoms with Gasteiger partial charge in [0, 0.05) is 11.9 Å². The maximum absolute atomic E-state index is 4.44. The van der Waals surface area contributed by atoms with Crippen LogP contribution in [0.5, 0.6) is 0 Å². The molecule has 2 rings (SSSR count). The molecule has 0 aliphatic carbocycles. The standard InChI is InChI=1S/C17H22N2/c1-4-14-9-6-10-15(5-2)17(14)19-12-16-13(3)8-7-11-18-16/h6-11,19H,4-5,12H2,1-3H3. The number of hydrogen-bond acceptors (Lipinski definition) is 2. The topological polar surface area (TPSA) is 24.9 Å². The lowest BCUT2D eigenvalue weighted by Gasteiger charge is -2.15. The van der Waals surface area contributed by atoms with Gasteiger partial charge in [0.2, 0.25) is 0 Å². The molecule has 0 amide bonds. The largest absolute Gasteiger partial charge is 0.379 e. The first-order chi connectivity index (χ1) is 9.26. The van der Waals surface area contributed by atoms with Crippen LogP contribution in [-0.2, 0) is 19.4 Å². The van der Waals surface area contributed by atoms with Gasteiger partial charge >= 0.3 is 0 Å². The van der Waals surface area contributed by atoms with E-state index in [1.165, 1.54) is 22.4 Å². The van der Waals surface area contributed by atoms with E-state index in [1.54, 1.807) is 0 Å². The van der Waals surface area contributed by atoms with Gasteiger partial charge in [-0.15, -0.1) is 0 Å². The third kappa shape index (κ3) is 3.14. The van der Waals surface area contributed by atoms with Crippen molar-refractivity contribution >= 4 is 5.69 Å². The summed E-state index contributed by atoms with van der Waals surface area (Å²) in [5.41, 5.74) is 6.41. The van der Waals surface area contributed by atoms with Gasteiger partial charge in [-0.25, -0.2) is 0 Å². The Morgan fingerprint density at radius 1 is 1.00 bits per heavy atom. The molecule has 1 aromatic carbocycles. The Kier molecular flexibility index (Phi) is 4.56. The number of aryl methyl sites for hydroxylation is 3. The number of nitrogens with zero attached hydrogens (tertiary/aromatic N) is 1. The van der Waals surface area contributed by atoms with Crippen LogP contribution in [0.3, 0.4) is 0 Å². The molecule has 0 radical (unpaired) electrons. The number of anilines is 1. The lowest BCUT2D eigenvalue weighted by molar-refractivity contribution is 0.993. The van der Waals surface area contributed by atoms with Gasteiger partial charge in [0.25, 0.3) is 0 Å². The van der Waals surface area contributed by atoms with E-state index in [0.29, 0.717) is 0 Å². The van der Waals surface area contributed by atoms with E-state index in [-0.39, 0.29) is 0 Å². The van der Waals surface area contributed by atoms with E-state index in [2.05, 4.69) is 55.3 Å². The normalized spacial score (nSPS) is 10.5. The van der Waals surface area contributed by atoms with Crippen LogP contribution in [0, 0.1) is 6.92 Å². The van der Waals surface area contributed by atoms with Gasteiger partial charge in [-0.2, -0.15) is 0 Å². The highest BCUT2D eigenvalue weighted by atomic mass is 14.9. The van der Waals surface area contributed by atoms with Gasteiger partial charge in [0.15, 0.2) is 0 Å². The second-order valence-corrected chi connectivity index (χ2v) is 4.78. The van der Waals surface area contributed by atoms with Crippen LogP contribution in [0.1, 0.15) is 36.2 Å². The zero-order chi connectivity index (χ0) is 13.7. The highest BCUT2D eigenvalue weighted by Crippen LogP contribution is 2.23. The Balaban J connectivity index is 2.21. The number of hydrogen-bond donors (Lipinski definition) is 1. The molecule has 1 N–H and O–H groups in total. The summed E-state index contributed by atoms with van der Waals surface area (Å²) >= 11 is 0. The van der Waals surface area contributed by atoms with Crippen LogP contribution in [-0.4, -0.2) is 4.98 Å². The fourth-order valence-electron chi connectivity index (χ4n) is 2.35. The zero-order valence-corrected chi connectivity index (χ0v) is 12.0. The Morgan fingerprint density at radius 2 is 1.68 bits per heavy atom. The Morgan fingerprint density at radius 3 is 2.26 bits per heavy atom. The van der Waals surface area contributed by atoms with Crippen molar-refractivity contribution in [3.05, 3.63) is 58.9 Å². The number of para-hydroxylation sites is 1. The van der Waals surface area contributed by atoms with E-state index in [1.807, 2.05) is 12.3 Å². The van der Waals surface area contributed by atoms with Crippen molar-refractivity contribution in [3.8, 4) is 0 Å². The molecule has 1 heterocycles. The summed E-state index contributed by atoms with van der Waals surface area (Å²) < 4.78 is 0. The summed E-state index contributed by atoms with van der Waals surface area (Å²) in [5.74, 6) is 0. The van der Waals surface area contributed by atoms with Gasteiger partial charge in [0.05, 0.1) is 12.2 Å². The van der Waals surface area contributed by atoms with Crippen LogP contribution < -0.4 is 5.32 Å². The third-order valence-corrected chi connectivity index (χ3v) is 3.55. The van der Waals surface area contributed by atoms with Crippen LogP contribution in [0.2, 0.25) is 0 Å². The molecular weight excluding hydrogens is 232 g/mol. The van der Waals surface area contributed by atoms with Crippen molar-refractivity contribution in [2.24, 2.45) is 0 Å². The second kappa shape index (κ2) is 6.37. The summed E-state index contributed by atoms with van der Waals surface area (Å²) in [6.07, 6.45) is 3.96. The summed E-state index contributed by atoms with van der Waals surface area (Å²) in [6, 6.07) is 10.6. The predicted molar refractivity (Wildman–Crippen MR) is 81.5 cm³/mol. The average molecular weight is 254 g/mol. The first kappa shape index (κ1) is 13.6. The van der Waals surface area contributed by atoms with Crippen molar-refractivity contribution in [3.63, 3.8) is 0 Å². The fourth-order valence-corrected chi connectivity index (χ4v) is 2.35. The SMILES string of the molecule is CCc1cccc(CC)c1NCc1ncccc1C. The maximum Gasteiger partial charge on any atom is 0.0623 e. The van der Waals surface area contributed by atoms with Crippen molar-refractivity contribution in [1.82, 2.24) is 4.98 Å². The average Bonchev–Trinajstić information content (AvgIpc) is 2.46. The molecular formula is C17H22N2. The molecule has 2 aromatic rings. The molecule has 19 heavy (non-hydrogen) atoms. The highest BCUT2D eigenvalue weighted by molar-refractivity contribution is 5.58. The molecule has 0 unspecified atom stereocenters. The van der Waals surface area contributed by atoms with E-state index in [9.17, 15) is 0 Å². The maximum atomic E-state index is 4.44. The first-order valence-electron chi connectivity index (χ1n) is 7.01. The van der Waals surface area contributed by atoms with Crippen LogP contribution in [0.15, 0.2) is 36.5 Å². The smallest absolute Gasteiger partial charge is 0.0623 e. The quantitative estimate of drug-likeness (QED) is 0.868. The van der Waals surface area contributed by atoms with E-state index in [4.69, 9.17) is 0 Å². The number of nitrogens with one attached hydrogen (secondary N) is 1. The molecule has 0 atom stereocenters. The molecule has 2 heteroatoms. The van der Waals surface area contributed by atoms with E-state index >= 15 is 0 Å². The van der Waals surface area contributed by atoms with Gasteiger partial charge in [-0.05, 0) is 42.5 Å². The summed E-state index contributed by atoms with van der Waals surface area (Å²) in [6.45, 7) is 7.30. The number of pyridine rings is 1. The van der Waals surface area contributed by atoms with Crippen LogP contribution in [0.25, 0.3) is 0 Å².